The molecule has 0 bridgehead atoms. The molecule has 5 nitrogen and oxygen atoms in total. The Kier molecular flexibility index (Phi) is 5.23. The summed E-state index contributed by atoms with van der Waals surface area (Å²) in [6.07, 6.45) is -0.543. The Morgan fingerprint density at radius 3 is 2.53 bits per heavy atom. The number of ether oxygens (including phenoxy) is 1. The van der Waals surface area contributed by atoms with Crippen molar-refractivity contribution >= 4 is 30.3 Å². The van der Waals surface area contributed by atoms with E-state index in [-0.39, 0.29) is 12.0 Å². The number of carbonyl (C=O) groups is 1. The van der Waals surface area contributed by atoms with Crippen LogP contribution in [0.3, 0.4) is 0 Å². The molecule has 0 aliphatic heterocycles. The fraction of sp³-hybridized carbons (Fsp3) is 0.417. The topological polar surface area (TPSA) is 78.8 Å². The normalized spacial score (nSPS) is 11.1. The highest BCUT2D eigenvalue weighted by molar-refractivity contribution is 6.59. The van der Waals surface area contributed by atoms with Gasteiger partial charge in [-0.1, -0.05) is 17.7 Å². The number of carbonyl (C=O) groups excluding carboxylic acids is 1. The van der Waals surface area contributed by atoms with Gasteiger partial charge in [0.25, 0.3) is 0 Å². The van der Waals surface area contributed by atoms with E-state index in [1.54, 1.807) is 32.9 Å². The van der Waals surface area contributed by atoms with Gasteiger partial charge in [0.05, 0.1) is 0 Å². The summed E-state index contributed by atoms with van der Waals surface area (Å²) in [5.41, 5.74) is 0.361. The van der Waals surface area contributed by atoms with E-state index in [4.69, 9.17) is 26.4 Å². The minimum Gasteiger partial charge on any atom is -0.444 e. The molecule has 0 saturated carbocycles. The number of nitrogens with one attached hydrogen (secondary N) is 1. The van der Waals surface area contributed by atoms with Gasteiger partial charge in [0.1, 0.15) is 5.60 Å². The lowest BCUT2D eigenvalue weighted by Gasteiger charge is -2.19. The summed E-state index contributed by atoms with van der Waals surface area (Å²) in [6.45, 7) is 5.50. The number of hydrogen-bond donors (Lipinski definition) is 3. The molecule has 1 rings (SSSR count). The Bertz CT molecular complexity index is 460. The molecule has 0 unspecified atom stereocenters. The van der Waals surface area contributed by atoms with Crippen molar-refractivity contribution < 1.29 is 19.6 Å². The van der Waals surface area contributed by atoms with Crippen LogP contribution in [0, 0.1) is 0 Å². The van der Waals surface area contributed by atoms with Crippen molar-refractivity contribution in [2.75, 3.05) is 0 Å². The van der Waals surface area contributed by atoms with Crippen LogP contribution < -0.4 is 10.8 Å². The molecule has 0 aliphatic rings. The van der Waals surface area contributed by atoms with E-state index in [1.165, 1.54) is 6.07 Å². The molecule has 0 aromatic heterocycles. The molecule has 7 heteroatoms. The first-order valence-electron chi connectivity index (χ1n) is 5.80. The third kappa shape index (κ3) is 5.96. The number of halogens is 1. The predicted molar refractivity (Wildman–Crippen MR) is 74.4 cm³/mol. The Labute approximate surface area is 117 Å². The number of hydrogen-bond acceptors (Lipinski definition) is 4. The van der Waals surface area contributed by atoms with Gasteiger partial charge in [-0.05, 0) is 43.9 Å². The largest absolute Gasteiger partial charge is 0.488 e. The van der Waals surface area contributed by atoms with Crippen LogP contribution >= 0.6 is 11.6 Å². The predicted octanol–water partition coefficient (Wildman–Crippen LogP) is 1.04. The Hall–Kier alpha value is -1.24. The van der Waals surface area contributed by atoms with Crippen LogP contribution in [0.1, 0.15) is 26.3 Å². The third-order valence-corrected chi connectivity index (χ3v) is 2.33. The highest BCUT2D eigenvalue weighted by Crippen LogP contribution is 2.10. The van der Waals surface area contributed by atoms with Crippen LogP contribution in [0.5, 0.6) is 0 Å². The van der Waals surface area contributed by atoms with E-state index in [1.807, 2.05) is 0 Å². The SMILES string of the molecule is CC(C)(C)OC(=O)NCc1cc(Cl)cc(B(O)O)c1. The minimum absolute atomic E-state index is 0.190. The first-order chi connectivity index (χ1) is 8.67. The minimum atomic E-state index is -1.60. The molecule has 1 aromatic rings. The van der Waals surface area contributed by atoms with Crippen LogP contribution in [-0.4, -0.2) is 28.9 Å². The Balaban J connectivity index is 2.65. The zero-order valence-corrected chi connectivity index (χ0v) is 11.9. The van der Waals surface area contributed by atoms with E-state index in [0.717, 1.165) is 0 Å². The van der Waals surface area contributed by atoms with Gasteiger partial charge in [0, 0.05) is 11.6 Å². The Morgan fingerprint density at radius 2 is 2.00 bits per heavy atom. The average molecular weight is 286 g/mol. The summed E-state index contributed by atoms with van der Waals surface area (Å²) in [6, 6.07) is 4.63. The summed E-state index contributed by atoms with van der Waals surface area (Å²) >= 11 is 5.85. The summed E-state index contributed by atoms with van der Waals surface area (Å²) < 4.78 is 5.09. The van der Waals surface area contributed by atoms with E-state index in [0.29, 0.717) is 10.6 Å². The first-order valence-corrected chi connectivity index (χ1v) is 6.17. The van der Waals surface area contributed by atoms with Gasteiger partial charge in [0.2, 0.25) is 0 Å². The van der Waals surface area contributed by atoms with Gasteiger partial charge in [-0.25, -0.2) is 4.79 Å². The molecule has 104 valence electrons. The molecule has 0 atom stereocenters. The second-order valence-electron chi connectivity index (χ2n) is 5.12. The van der Waals surface area contributed by atoms with Gasteiger partial charge in [-0.2, -0.15) is 0 Å². The molecule has 1 amide bonds. The highest BCUT2D eigenvalue weighted by atomic mass is 35.5. The second kappa shape index (κ2) is 6.28. The summed E-state index contributed by atoms with van der Waals surface area (Å²) in [5, 5.41) is 21.1. The molecule has 0 fully saturated rings. The van der Waals surface area contributed by atoms with Crippen LogP contribution in [0.25, 0.3) is 0 Å². The lowest BCUT2D eigenvalue weighted by molar-refractivity contribution is 0.0523. The lowest BCUT2D eigenvalue weighted by atomic mass is 9.79. The second-order valence-corrected chi connectivity index (χ2v) is 5.56. The van der Waals surface area contributed by atoms with Gasteiger partial charge in [-0.15, -0.1) is 0 Å². The van der Waals surface area contributed by atoms with Gasteiger partial charge in [0.15, 0.2) is 0 Å². The third-order valence-electron chi connectivity index (χ3n) is 2.11. The quantitative estimate of drug-likeness (QED) is 0.725. The smallest absolute Gasteiger partial charge is 0.444 e. The van der Waals surface area contributed by atoms with E-state index >= 15 is 0 Å². The average Bonchev–Trinajstić information content (AvgIpc) is 2.23. The summed E-state index contributed by atoms with van der Waals surface area (Å²) in [5.74, 6) is 0. The molecule has 0 radical (unpaired) electrons. The van der Waals surface area contributed by atoms with Crippen molar-refractivity contribution in [3.8, 4) is 0 Å². The highest BCUT2D eigenvalue weighted by Gasteiger charge is 2.16. The molecule has 0 spiro atoms. The monoisotopic (exact) mass is 285 g/mol. The van der Waals surface area contributed by atoms with Crippen molar-refractivity contribution in [2.45, 2.75) is 32.9 Å². The zero-order valence-electron chi connectivity index (χ0n) is 11.1. The van der Waals surface area contributed by atoms with Crippen molar-refractivity contribution in [2.24, 2.45) is 0 Å². The molecule has 3 N–H and O–H groups in total. The van der Waals surface area contributed by atoms with E-state index in [2.05, 4.69) is 5.32 Å². The Morgan fingerprint density at radius 1 is 1.37 bits per heavy atom. The number of alkyl carbamates (subject to hydrolysis) is 1. The molecule has 0 heterocycles. The van der Waals surface area contributed by atoms with Crippen LogP contribution in [0.15, 0.2) is 18.2 Å². The first kappa shape index (κ1) is 15.8. The molecular formula is C12H17BClNO4. The van der Waals surface area contributed by atoms with Gasteiger partial charge >= 0.3 is 13.2 Å². The van der Waals surface area contributed by atoms with Crippen molar-refractivity contribution in [3.05, 3.63) is 28.8 Å². The maximum atomic E-state index is 11.5. The molecule has 1 aromatic carbocycles. The standard InChI is InChI=1S/C12H17BClNO4/c1-12(2,3)19-11(16)15-7-8-4-9(13(17)18)6-10(14)5-8/h4-6,17-18H,7H2,1-3H3,(H,15,16). The molecule has 0 aliphatic carbocycles. The summed E-state index contributed by atoms with van der Waals surface area (Å²) in [7, 11) is -1.60. The van der Waals surface area contributed by atoms with Gasteiger partial charge < -0.3 is 20.1 Å². The molecule has 0 saturated heterocycles. The number of benzene rings is 1. The fourth-order valence-electron chi connectivity index (χ4n) is 1.41. The molecular weight excluding hydrogens is 268 g/mol. The van der Waals surface area contributed by atoms with E-state index < -0.39 is 18.8 Å². The van der Waals surface area contributed by atoms with Crippen molar-refractivity contribution in [1.29, 1.82) is 0 Å². The maximum Gasteiger partial charge on any atom is 0.488 e. The summed E-state index contributed by atoms with van der Waals surface area (Å²) in [4.78, 5) is 11.5. The maximum absolute atomic E-state index is 11.5. The van der Waals surface area contributed by atoms with Crippen LogP contribution in [0.2, 0.25) is 5.02 Å². The molecule has 19 heavy (non-hydrogen) atoms. The van der Waals surface area contributed by atoms with Gasteiger partial charge in [-0.3, -0.25) is 0 Å². The number of amides is 1. The number of rotatable bonds is 3. The van der Waals surface area contributed by atoms with Crippen molar-refractivity contribution in [3.63, 3.8) is 0 Å². The van der Waals surface area contributed by atoms with Crippen molar-refractivity contribution in [1.82, 2.24) is 5.32 Å². The van der Waals surface area contributed by atoms with Crippen LogP contribution in [-0.2, 0) is 11.3 Å². The fourth-order valence-corrected chi connectivity index (χ4v) is 1.68. The van der Waals surface area contributed by atoms with E-state index in [9.17, 15) is 4.79 Å². The lowest BCUT2D eigenvalue weighted by Crippen LogP contribution is -2.33. The zero-order chi connectivity index (χ0) is 14.6. The van der Waals surface area contributed by atoms with Crippen LogP contribution in [0.4, 0.5) is 4.79 Å².